The van der Waals surface area contributed by atoms with Crippen LogP contribution in [-0.2, 0) is 22.6 Å². The summed E-state index contributed by atoms with van der Waals surface area (Å²) >= 11 is 4.47. The molecule has 29 heavy (non-hydrogen) atoms. The lowest BCUT2D eigenvalue weighted by Crippen LogP contribution is -2.18. The molecule has 0 saturated heterocycles. The highest BCUT2D eigenvalue weighted by molar-refractivity contribution is 7.14. The molecule has 0 saturated carbocycles. The van der Waals surface area contributed by atoms with Crippen LogP contribution in [-0.4, -0.2) is 21.8 Å². The van der Waals surface area contributed by atoms with E-state index in [1.807, 2.05) is 27.6 Å². The van der Waals surface area contributed by atoms with Crippen molar-refractivity contribution in [1.82, 2.24) is 15.3 Å². The van der Waals surface area contributed by atoms with Gasteiger partial charge in [-0.05, 0) is 23.6 Å². The van der Waals surface area contributed by atoms with E-state index < -0.39 is 0 Å². The monoisotopic (exact) mass is 444 g/mol. The fourth-order valence-corrected chi connectivity index (χ4v) is 4.75. The topological polar surface area (TPSA) is 97.1 Å². The largest absolute Gasteiger partial charge is 0.458 e. The molecule has 0 spiro atoms. The summed E-state index contributed by atoms with van der Waals surface area (Å²) in [6.07, 6.45) is 0.192. The number of nitrogens with zero attached hydrogens (tertiary/aromatic N) is 2. The zero-order valence-electron chi connectivity index (χ0n) is 15.3. The van der Waals surface area contributed by atoms with Crippen molar-refractivity contribution in [2.24, 2.45) is 0 Å². The molecule has 0 unspecified atom stereocenters. The molecule has 0 aromatic carbocycles. The van der Waals surface area contributed by atoms with Crippen molar-refractivity contribution in [2.75, 3.05) is 5.32 Å². The van der Waals surface area contributed by atoms with Crippen molar-refractivity contribution >= 4 is 51.0 Å². The lowest BCUT2D eigenvalue weighted by atomic mass is 10.3. The van der Waals surface area contributed by atoms with Crippen molar-refractivity contribution in [3.63, 3.8) is 0 Å². The number of hydrogen-bond donors (Lipinski definition) is 2. The molecule has 4 heterocycles. The fraction of sp³-hybridized carbons (Fsp3) is 0.158. The van der Waals surface area contributed by atoms with Gasteiger partial charge in [-0.2, -0.15) is 11.3 Å². The molecule has 0 aliphatic carbocycles. The lowest BCUT2D eigenvalue weighted by molar-refractivity contribution is -0.119. The molecule has 0 fully saturated rings. The molecule has 10 heteroatoms. The maximum atomic E-state index is 12.3. The van der Waals surface area contributed by atoms with Gasteiger partial charge in [-0.25, -0.2) is 9.97 Å². The van der Waals surface area contributed by atoms with Gasteiger partial charge in [-0.1, -0.05) is 0 Å². The van der Waals surface area contributed by atoms with Crippen LogP contribution in [0.1, 0.15) is 18.4 Å². The van der Waals surface area contributed by atoms with Crippen molar-refractivity contribution in [3.05, 3.63) is 51.2 Å². The first-order valence-corrected chi connectivity index (χ1v) is 11.3. The average molecular weight is 445 g/mol. The summed E-state index contributed by atoms with van der Waals surface area (Å²) in [7, 11) is 0. The summed E-state index contributed by atoms with van der Waals surface area (Å²) in [6, 6.07) is 5.59. The molecule has 0 radical (unpaired) electrons. The molecule has 2 amide bonds. The number of thiazole rings is 2. The van der Waals surface area contributed by atoms with Gasteiger partial charge in [0.25, 0.3) is 0 Å². The second-order valence-electron chi connectivity index (χ2n) is 6.09. The van der Waals surface area contributed by atoms with E-state index in [2.05, 4.69) is 20.6 Å². The highest BCUT2D eigenvalue weighted by Crippen LogP contribution is 2.28. The van der Waals surface area contributed by atoms with Crippen LogP contribution in [0.3, 0.4) is 0 Å². The normalized spacial score (nSPS) is 10.8. The maximum Gasteiger partial charge on any atom is 0.232 e. The van der Waals surface area contributed by atoms with E-state index in [-0.39, 0.29) is 18.2 Å². The summed E-state index contributed by atoms with van der Waals surface area (Å²) in [5, 5.41) is 14.7. The standard InChI is InChI=1S/C19H16N4O3S3/c1-11(24)20-7-14-2-3-16(26-14)15-10-29-19(22-15)23-17(25)6-13-9-28-18(21-13)12-4-5-27-8-12/h2-5,8-10H,6-7H2,1H3,(H,20,24)(H,22,23,25). The third kappa shape index (κ3) is 4.97. The third-order valence-electron chi connectivity index (χ3n) is 3.84. The Hall–Kier alpha value is -2.82. The number of nitrogens with one attached hydrogen (secondary N) is 2. The van der Waals surface area contributed by atoms with Gasteiger partial charge in [-0.15, -0.1) is 22.7 Å². The second kappa shape index (κ2) is 8.68. The van der Waals surface area contributed by atoms with Crippen molar-refractivity contribution < 1.29 is 14.0 Å². The molecule has 0 aliphatic rings. The van der Waals surface area contributed by atoms with Crippen molar-refractivity contribution in [3.8, 4) is 22.0 Å². The van der Waals surface area contributed by atoms with Crippen molar-refractivity contribution in [1.29, 1.82) is 0 Å². The Morgan fingerprint density at radius 2 is 2.00 bits per heavy atom. The Morgan fingerprint density at radius 1 is 1.10 bits per heavy atom. The van der Waals surface area contributed by atoms with Crippen LogP contribution >= 0.6 is 34.0 Å². The Kier molecular flexibility index (Phi) is 5.84. The molecule has 0 bridgehead atoms. The van der Waals surface area contributed by atoms with Gasteiger partial charge < -0.3 is 15.1 Å². The predicted octanol–water partition coefficient (Wildman–Crippen LogP) is 4.41. The number of furan rings is 1. The number of thiophene rings is 1. The first-order chi connectivity index (χ1) is 14.1. The summed E-state index contributed by atoms with van der Waals surface area (Å²) in [4.78, 5) is 32.2. The molecular formula is C19H16N4O3S3. The number of aromatic nitrogens is 2. The van der Waals surface area contributed by atoms with E-state index in [9.17, 15) is 9.59 Å². The number of rotatable bonds is 7. The molecule has 4 aromatic rings. The summed E-state index contributed by atoms with van der Waals surface area (Å²) in [5.41, 5.74) is 2.44. The third-order valence-corrected chi connectivity index (χ3v) is 6.22. The van der Waals surface area contributed by atoms with Crippen LogP contribution < -0.4 is 10.6 Å². The molecule has 4 aromatic heterocycles. The summed E-state index contributed by atoms with van der Waals surface area (Å²) < 4.78 is 5.68. The van der Waals surface area contributed by atoms with Gasteiger partial charge >= 0.3 is 0 Å². The minimum absolute atomic E-state index is 0.121. The van der Waals surface area contributed by atoms with Crippen LogP contribution in [0.25, 0.3) is 22.0 Å². The van der Waals surface area contributed by atoms with Gasteiger partial charge in [0.05, 0.1) is 18.7 Å². The van der Waals surface area contributed by atoms with Crippen LogP contribution in [0.5, 0.6) is 0 Å². The van der Waals surface area contributed by atoms with Gasteiger partial charge in [-0.3, -0.25) is 9.59 Å². The van der Waals surface area contributed by atoms with Crippen LogP contribution in [0, 0.1) is 0 Å². The van der Waals surface area contributed by atoms with Gasteiger partial charge in [0, 0.05) is 28.6 Å². The number of anilines is 1. The van der Waals surface area contributed by atoms with E-state index in [4.69, 9.17) is 4.42 Å². The number of carbonyl (C=O) groups excluding carboxylic acids is 2. The summed E-state index contributed by atoms with van der Waals surface area (Å²) in [6.45, 7) is 1.78. The molecule has 4 rings (SSSR count). The van der Waals surface area contributed by atoms with Gasteiger partial charge in [0.2, 0.25) is 11.8 Å². The zero-order valence-corrected chi connectivity index (χ0v) is 17.7. The molecule has 7 nitrogen and oxygen atoms in total. The second-order valence-corrected chi connectivity index (χ2v) is 8.59. The van der Waals surface area contributed by atoms with Gasteiger partial charge in [0.15, 0.2) is 10.9 Å². The fourth-order valence-electron chi connectivity index (χ4n) is 2.50. The Balaban J connectivity index is 1.35. The number of carbonyl (C=O) groups is 2. The molecule has 148 valence electrons. The molecule has 2 N–H and O–H groups in total. The van der Waals surface area contributed by atoms with E-state index in [0.717, 1.165) is 16.3 Å². The van der Waals surface area contributed by atoms with E-state index >= 15 is 0 Å². The zero-order chi connectivity index (χ0) is 20.2. The maximum absolute atomic E-state index is 12.3. The molecular weight excluding hydrogens is 428 g/mol. The Morgan fingerprint density at radius 3 is 2.79 bits per heavy atom. The lowest BCUT2D eigenvalue weighted by Gasteiger charge is -1.99. The predicted molar refractivity (Wildman–Crippen MR) is 115 cm³/mol. The van der Waals surface area contributed by atoms with Crippen LogP contribution in [0.15, 0.2) is 44.1 Å². The van der Waals surface area contributed by atoms with E-state index in [0.29, 0.717) is 28.9 Å². The minimum Gasteiger partial charge on any atom is -0.458 e. The molecule has 0 aliphatic heterocycles. The summed E-state index contributed by atoms with van der Waals surface area (Å²) in [5.74, 6) is 0.934. The Bertz CT molecular complexity index is 1130. The first kappa shape index (κ1) is 19.5. The molecule has 0 atom stereocenters. The number of amides is 2. The van der Waals surface area contributed by atoms with E-state index in [1.54, 1.807) is 23.5 Å². The van der Waals surface area contributed by atoms with Crippen LogP contribution in [0.4, 0.5) is 5.13 Å². The average Bonchev–Trinajstić information content (AvgIpc) is 3.45. The quantitative estimate of drug-likeness (QED) is 0.440. The highest BCUT2D eigenvalue weighted by atomic mass is 32.1. The van der Waals surface area contributed by atoms with Gasteiger partial charge in [0.1, 0.15) is 16.5 Å². The highest BCUT2D eigenvalue weighted by Gasteiger charge is 2.13. The smallest absolute Gasteiger partial charge is 0.232 e. The number of hydrogen-bond acceptors (Lipinski definition) is 8. The SMILES string of the molecule is CC(=O)NCc1ccc(-c2csc(NC(=O)Cc3csc(-c4ccsc4)n3)n2)o1. The first-order valence-electron chi connectivity index (χ1n) is 8.62. The van der Waals surface area contributed by atoms with Crippen LogP contribution in [0.2, 0.25) is 0 Å². The van der Waals surface area contributed by atoms with E-state index in [1.165, 1.54) is 29.6 Å². The van der Waals surface area contributed by atoms with Crippen molar-refractivity contribution in [2.45, 2.75) is 19.9 Å². The Labute approximate surface area is 178 Å². The minimum atomic E-state index is -0.168.